The summed E-state index contributed by atoms with van der Waals surface area (Å²) >= 11 is 0. The number of carboxylic acids is 1. The molecule has 0 heterocycles. The molecule has 4 rings (SSSR count). The highest BCUT2D eigenvalue weighted by atomic mass is 16.5. The fraction of sp³-hybridized carbons (Fsp3) is 0.423. The zero-order chi connectivity index (χ0) is 24.2. The lowest BCUT2D eigenvalue weighted by Crippen LogP contribution is -2.48. The zero-order valence-electron chi connectivity index (χ0n) is 19.1. The summed E-state index contributed by atoms with van der Waals surface area (Å²) in [4.78, 5) is 35.8. The van der Waals surface area contributed by atoms with Crippen LogP contribution in [-0.4, -0.2) is 53.0 Å². The Labute approximate surface area is 198 Å². The second-order valence-electron chi connectivity index (χ2n) is 9.17. The molecule has 2 amide bonds. The number of carbonyl (C=O) groups excluding carboxylic acids is 2. The van der Waals surface area contributed by atoms with Crippen molar-refractivity contribution in [1.82, 2.24) is 10.6 Å². The third kappa shape index (κ3) is 5.22. The van der Waals surface area contributed by atoms with Crippen LogP contribution < -0.4 is 10.6 Å². The van der Waals surface area contributed by atoms with Crippen molar-refractivity contribution in [2.24, 2.45) is 5.92 Å². The first-order valence-corrected chi connectivity index (χ1v) is 11.6. The van der Waals surface area contributed by atoms with Gasteiger partial charge in [-0.2, -0.15) is 0 Å². The molecule has 4 N–H and O–H groups in total. The van der Waals surface area contributed by atoms with Crippen LogP contribution in [0.1, 0.15) is 49.7 Å². The number of amides is 2. The number of rotatable bonds is 8. The number of carboxylic acid groups (broad SMARTS) is 1. The molecule has 8 nitrogen and oxygen atoms in total. The first-order chi connectivity index (χ1) is 16.3. The van der Waals surface area contributed by atoms with Crippen LogP contribution in [0.4, 0.5) is 4.79 Å². The third-order valence-corrected chi connectivity index (χ3v) is 6.75. The van der Waals surface area contributed by atoms with Crippen molar-refractivity contribution in [2.75, 3.05) is 6.61 Å². The first kappa shape index (κ1) is 23.8. The highest BCUT2D eigenvalue weighted by Gasteiger charge is 2.32. The molecule has 2 aliphatic rings. The van der Waals surface area contributed by atoms with Gasteiger partial charge in [0, 0.05) is 18.4 Å². The Balaban J connectivity index is 1.26. The molecule has 0 spiro atoms. The van der Waals surface area contributed by atoms with Gasteiger partial charge in [-0.05, 0) is 54.4 Å². The number of benzene rings is 2. The number of aliphatic hydroxyl groups is 1. The van der Waals surface area contributed by atoms with Crippen molar-refractivity contribution < 1.29 is 29.3 Å². The van der Waals surface area contributed by atoms with Crippen molar-refractivity contribution in [3.05, 3.63) is 59.7 Å². The van der Waals surface area contributed by atoms with Gasteiger partial charge in [-0.3, -0.25) is 4.79 Å². The van der Waals surface area contributed by atoms with Crippen molar-refractivity contribution >= 4 is 18.0 Å². The third-order valence-electron chi connectivity index (χ3n) is 6.75. The smallest absolute Gasteiger partial charge is 0.407 e. The Morgan fingerprint density at radius 1 is 1.03 bits per heavy atom. The number of aliphatic hydroxyl groups excluding tert-OH is 1. The number of aliphatic carboxylic acids is 1. The second-order valence-corrected chi connectivity index (χ2v) is 9.17. The maximum Gasteiger partial charge on any atom is 0.407 e. The number of hydrogen-bond donors (Lipinski definition) is 4. The Morgan fingerprint density at radius 3 is 2.24 bits per heavy atom. The predicted molar refractivity (Wildman–Crippen MR) is 125 cm³/mol. The van der Waals surface area contributed by atoms with Crippen LogP contribution in [0.2, 0.25) is 0 Å². The van der Waals surface area contributed by atoms with Crippen molar-refractivity contribution in [2.45, 2.75) is 56.7 Å². The maximum absolute atomic E-state index is 12.5. The lowest BCUT2D eigenvalue weighted by atomic mass is 9.98. The Bertz CT molecular complexity index is 1020. The van der Waals surface area contributed by atoms with Gasteiger partial charge >= 0.3 is 12.1 Å². The summed E-state index contributed by atoms with van der Waals surface area (Å²) in [6.45, 7) is 1.57. The lowest BCUT2D eigenvalue weighted by molar-refractivity contribution is -0.144. The van der Waals surface area contributed by atoms with Crippen LogP contribution in [0.15, 0.2) is 48.5 Å². The van der Waals surface area contributed by atoms with E-state index in [2.05, 4.69) is 34.9 Å². The molecule has 0 aliphatic heterocycles. The molecule has 0 saturated heterocycles. The number of nitrogens with one attached hydrogen (secondary N) is 2. The van der Waals surface area contributed by atoms with E-state index in [1.165, 1.54) is 18.1 Å². The minimum atomic E-state index is -1.33. The van der Waals surface area contributed by atoms with Gasteiger partial charge in [0.15, 0.2) is 6.04 Å². The summed E-state index contributed by atoms with van der Waals surface area (Å²) in [6, 6.07) is 14.9. The molecule has 8 heteroatoms. The topological polar surface area (TPSA) is 125 Å². The first-order valence-electron chi connectivity index (χ1n) is 11.6. The fourth-order valence-corrected chi connectivity index (χ4v) is 5.08. The molecule has 2 unspecified atom stereocenters. The average molecular weight is 467 g/mol. The Kier molecular flexibility index (Phi) is 7.17. The molecule has 0 radical (unpaired) electrons. The molecule has 34 heavy (non-hydrogen) atoms. The van der Waals surface area contributed by atoms with E-state index in [0.717, 1.165) is 24.0 Å². The van der Waals surface area contributed by atoms with Gasteiger partial charge in [-0.25, -0.2) is 9.59 Å². The fourth-order valence-electron chi connectivity index (χ4n) is 5.08. The largest absolute Gasteiger partial charge is 0.480 e. The molecule has 2 aliphatic carbocycles. The van der Waals surface area contributed by atoms with Crippen molar-refractivity contribution in [3.63, 3.8) is 0 Å². The SMILES string of the molecule is CC(O)C(NC(=O)C[C@@H]1CC[C@H](NC(=O)OCC2c3ccccc3-c3ccccc32)C1)C(=O)O. The van der Waals surface area contributed by atoms with Crippen LogP contribution in [-0.2, 0) is 14.3 Å². The number of carbonyl (C=O) groups is 3. The number of alkyl carbamates (subject to hydrolysis) is 1. The zero-order valence-corrected chi connectivity index (χ0v) is 19.1. The minimum absolute atomic E-state index is 0.00531. The molecule has 0 aromatic heterocycles. The molecular weight excluding hydrogens is 436 g/mol. The van der Waals surface area contributed by atoms with Crippen molar-refractivity contribution in [1.29, 1.82) is 0 Å². The number of hydrogen-bond acceptors (Lipinski definition) is 5. The molecule has 2 aromatic carbocycles. The monoisotopic (exact) mass is 466 g/mol. The van der Waals surface area contributed by atoms with Gasteiger partial charge in [0.25, 0.3) is 0 Å². The highest BCUT2D eigenvalue weighted by Crippen LogP contribution is 2.44. The Hall–Kier alpha value is -3.39. The molecule has 1 saturated carbocycles. The van der Waals surface area contributed by atoms with Gasteiger partial charge in [-0.1, -0.05) is 48.5 Å². The predicted octanol–water partition coefficient (Wildman–Crippen LogP) is 3.03. The molecule has 4 atom stereocenters. The molecule has 1 fully saturated rings. The minimum Gasteiger partial charge on any atom is -0.480 e. The molecule has 2 aromatic rings. The normalized spacial score (nSPS) is 20.6. The van der Waals surface area contributed by atoms with E-state index in [1.54, 1.807) is 0 Å². The van der Waals surface area contributed by atoms with Crippen LogP contribution in [0.5, 0.6) is 0 Å². The summed E-state index contributed by atoms with van der Waals surface area (Å²) in [5.74, 6) is -1.67. The van der Waals surface area contributed by atoms with Gasteiger partial charge in [0.05, 0.1) is 6.10 Å². The second kappa shape index (κ2) is 10.3. The van der Waals surface area contributed by atoms with Crippen molar-refractivity contribution in [3.8, 4) is 11.1 Å². The van der Waals surface area contributed by atoms with E-state index >= 15 is 0 Å². The quantitative estimate of drug-likeness (QED) is 0.474. The molecular formula is C26H30N2O6. The summed E-state index contributed by atoms with van der Waals surface area (Å²) in [5.41, 5.74) is 4.65. The number of ether oxygens (including phenoxy) is 1. The van der Waals surface area contributed by atoms with Gasteiger partial charge in [0.1, 0.15) is 6.61 Å². The summed E-state index contributed by atoms with van der Waals surface area (Å²) < 4.78 is 5.60. The van der Waals surface area contributed by atoms with Crippen LogP contribution >= 0.6 is 0 Å². The molecule has 0 bridgehead atoms. The number of fused-ring (bicyclic) bond motifs is 3. The van der Waals surface area contributed by atoms with E-state index in [1.807, 2.05) is 24.3 Å². The van der Waals surface area contributed by atoms with E-state index < -0.39 is 30.1 Å². The summed E-state index contributed by atoms with van der Waals surface area (Å²) in [7, 11) is 0. The average Bonchev–Trinajstić information content (AvgIpc) is 3.37. The van der Waals surface area contributed by atoms with Crippen LogP contribution in [0.3, 0.4) is 0 Å². The highest BCUT2D eigenvalue weighted by molar-refractivity contribution is 5.84. The lowest BCUT2D eigenvalue weighted by Gasteiger charge is -2.19. The van der Waals surface area contributed by atoms with Gasteiger partial charge in [0.2, 0.25) is 5.91 Å². The standard InChI is InChI=1S/C26H30N2O6/c1-15(29)24(25(31)32)28-23(30)13-16-10-11-17(12-16)27-26(33)34-14-22-20-8-4-2-6-18(20)19-7-3-5-9-21(19)22/h2-9,15-17,22,24,29H,10-14H2,1H3,(H,27,33)(H,28,30)(H,31,32)/t15?,16-,17+,24?/m1/s1. The van der Waals surface area contributed by atoms with Crippen LogP contribution in [0.25, 0.3) is 11.1 Å². The Morgan fingerprint density at radius 2 is 1.65 bits per heavy atom. The maximum atomic E-state index is 12.5. The summed E-state index contributed by atoms with van der Waals surface area (Å²) in [6.07, 6.45) is 0.573. The van der Waals surface area contributed by atoms with E-state index in [4.69, 9.17) is 9.84 Å². The summed E-state index contributed by atoms with van der Waals surface area (Å²) in [5, 5.41) is 23.9. The van der Waals surface area contributed by atoms with E-state index in [-0.39, 0.29) is 30.9 Å². The van der Waals surface area contributed by atoms with E-state index in [0.29, 0.717) is 6.42 Å². The van der Waals surface area contributed by atoms with Gasteiger partial charge < -0.3 is 25.6 Å². The van der Waals surface area contributed by atoms with Gasteiger partial charge in [-0.15, -0.1) is 0 Å². The van der Waals surface area contributed by atoms with E-state index in [9.17, 15) is 19.5 Å². The molecule has 180 valence electrons. The van der Waals surface area contributed by atoms with Crippen LogP contribution in [0, 0.1) is 5.92 Å².